The quantitative estimate of drug-likeness (QED) is 0.337. The molecule has 0 bridgehead atoms. The maximum atomic E-state index is 2.92. The van der Waals surface area contributed by atoms with Crippen molar-refractivity contribution >= 4 is 15.0 Å². The van der Waals surface area contributed by atoms with Crippen LogP contribution in [-0.2, 0) is 0 Å². The van der Waals surface area contributed by atoms with E-state index in [1.54, 1.807) is 0 Å². The van der Waals surface area contributed by atoms with Crippen LogP contribution in [0.25, 0.3) is 0 Å². The zero-order chi connectivity index (χ0) is 4.12. The van der Waals surface area contributed by atoms with Gasteiger partial charge in [-0.05, 0) is 0 Å². The minimum absolute atomic E-state index is 0.564. The zero-order valence-corrected chi connectivity index (χ0v) is 5.12. The molecule has 5 heavy (non-hydrogen) atoms. The van der Waals surface area contributed by atoms with Gasteiger partial charge in [0.15, 0.2) is 0 Å². The average Bonchev–Trinajstić information content (AvgIpc) is 1.41. The van der Waals surface area contributed by atoms with Crippen LogP contribution in [0, 0.1) is 10.7 Å². The molecular formula is C4H6Se. The van der Waals surface area contributed by atoms with Crippen molar-refractivity contribution in [3.63, 3.8) is 0 Å². The van der Waals surface area contributed by atoms with Crippen LogP contribution < -0.4 is 0 Å². The summed E-state index contributed by atoms with van der Waals surface area (Å²) in [6.07, 6.45) is 0. The van der Waals surface area contributed by atoms with E-state index in [0.717, 1.165) is 0 Å². The molecular weight excluding hydrogens is 127 g/mol. The zero-order valence-electron chi connectivity index (χ0n) is 3.41. The van der Waals surface area contributed by atoms with E-state index in [1.807, 2.05) is 6.92 Å². The number of hydrogen-bond acceptors (Lipinski definition) is 0. The van der Waals surface area contributed by atoms with Gasteiger partial charge in [-0.25, -0.2) is 0 Å². The summed E-state index contributed by atoms with van der Waals surface area (Å²) in [4.78, 5) is 2.92. The van der Waals surface area contributed by atoms with E-state index in [4.69, 9.17) is 0 Å². The fourth-order valence-electron chi connectivity index (χ4n) is 0.102. The summed E-state index contributed by atoms with van der Waals surface area (Å²) < 4.78 is 0. The summed E-state index contributed by atoms with van der Waals surface area (Å²) in [5.41, 5.74) is 0. The molecule has 0 rings (SSSR count). The fourth-order valence-corrected chi connectivity index (χ4v) is 0.530. The standard InChI is InChI=1S/C4H6Se/c1-3-4-5-2/h1-2H3. The van der Waals surface area contributed by atoms with Crippen LogP contribution >= 0.6 is 0 Å². The summed E-state index contributed by atoms with van der Waals surface area (Å²) in [5.74, 6) is 4.90. The summed E-state index contributed by atoms with van der Waals surface area (Å²) in [6.45, 7) is 1.87. The Bertz CT molecular complexity index is 55.8. The Morgan fingerprint density at radius 2 is 2.20 bits per heavy atom. The molecule has 0 heterocycles. The van der Waals surface area contributed by atoms with Crippen LogP contribution in [0.15, 0.2) is 0 Å². The molecule has 0 nitrogen and oxygen atoms in total. The minimum atomic E-state index is 0.564. The molecule has 0 unspecified atom stereocenters. The Kier molecular flexibility index (Phi) is 4.14. The molecule has 0 aromatic heterocycles. The molecule has 0 spiro atoms. The molecule has 0 aliphatic rings. The molecule has 0 aromatic carbocycles. The van der Waals surface area contributed by atoms with E-state index < -0.39 is 0 Å². The topological polar surface area (TPSA) is 0 Å². The van der Waals surface area contributed by atoms with E-state index in [1.165, 1.54) is 0 Å². The van der Waals surface area contributed by atoms with E-state index in [9.17, 15) is 0 Å². The number of rotatable bonds is 0. The second-order valence-corrected chi connectivity index (χ2v) is 1.84. The van der Waals surface area contributed by atoms with Crippen molar-refractivity contribution in [1.82, 2.24) is 0 Å². The Morgan fingerprint density at radius 1 is 1.60 bits per heavy atom. The number of hydrogen-bond donors (Lipinski definition) is 0. The van der Waals surface area contributed by atoms with Crippen molar-refractivity contribution in [3.8, 4) is 10.7 Å². The third-order valence-electron chi connectivity index (χ3n) is 0.204. The van der Waals surface area contributed by atoms with E-state index in [0.29, 0.717) is 15.0 Å². The second-order valence-electron chi connectivity index (χ2n) is 0.556. The molecule has 0 aliphatic heterocycles. The second kappa shape index (κ2) is 4.08. The van der Waals surface area contributed by atoms with Crippen molar-refractivity contribution in [1.29, 1.82) is 0 Å². The molecule has 0 saturated heterocycles. The molecule has 0 N–H and O–H groups in total. The molecule has 0 radical (unpaired) electrons. The Balaban J connectivity index is 2.81. The molecule has 0 fully saturated rings. The van der Waals surface area contributed by atoms with Crippen LogP contribution in [-0.4, -0.2) is 15.0 Å². The van der Waals surface area contributed by atoms with Gasteiger partial charge in [0.2, 0.25) is 0 Å². The third kappa shape index (κ3) is 4.08. The van der Waals surface area contributed by atoms with Crippen LogP contribution in [0.4, 0.5) is 0 Å². The normalized spacial score (nSPS) is 5.20. The van der Waals surface area contributed by atoms with E-state index in [2.05, 4.69) is 16.6 Å². The van der Waals surface area contributed by atoms with Gasteiger partial charge in [0.05, 0.1) is 0 Å². The summed E-state index contributed by atoms with van der Waals surface area (Å²) in [7, 11) is 0. The maximum absolute atomic E-state index is 2.92. The van der Waals surface area contributed by atoms with Gasteiger partial charge < -0.3 is 0 Å². The van der Waals surface area contributed by atoms with Crippen LogP contribution in [0.2, 0.25) is 5.82 Å². The van der Waals surface area contributed by atoms with Crippen molar-refractivity contribution in [2.24, 2.45) is 0 Å². The van der Waals surface area contributed by atoms with Gasteiger partial charge in [-0.15, -0.1) is 0 Å². The summed E-state index contributed by atoms with van der Waals surface area (Å²) in [5, 5.41) is 0. The summed E-state index contributed by atoms with van der Waals surface area (Å²) >= 11 is 0.564. The van der Waals surface area contributed by atoms with Crippen molar-refractivity contribution < 1.29 is 0 Å². The van der Waals surface area contributed by atoms with E-state index in [-0.39, 0.29) is 0 Å². The molecule has 0 aliphatic carbocycles. The summed E-state index contributed by atoms with van der Waals surface area (Å²) in [6, 6.07) is 0. The first kappa shape index (κ1) is 5.08. The monoisotopic (exact) mass is 134 g/mol. The van der Waals surface area contributed by atoms with Crippen molar-refractivity contribution in [2.45, 2.75) is 12.7 Å². The first-order valence-electron chi connectivity index (χ1n) is 1.36. The SMILES string of the molecule is CC#C[Se]C. The molecule has 0 atom stereocenters. The molecule has 0 aromatic rings. The Hall–Kier alpha value is 0.0795. The molecule has 1 heteroatoms. The van der Waals surface area contributed by atoms with Gasteiger partial charge in [-0.2, -0.15) is 0 Å². The fraction of sp³-hybridized carbons (Fsp3) is 0.500. The van der Waals surface area contributed by atoms with Gasteiger partial charge in [0, 0.05) is 0 Å². The first-order valence-corrected chi connectivity index (χ1v) is 3.93. The van der Waals surface area contributed by atoms with Gasteiger partial charge in [-0.3, -0.25) is 0 Å². The van der Waals surface area contributed by atoms with Gasteiger partial charge >= 0.3 is 38.4 Å². The Morgan fingerprint density at radius 3 is 2.20 bits per heavy atom. The molecule has 0 amide bonds. The third-order valence-corrected chi connectivity index (χ3v) is 1.06. The van der Waals surface area contributed by atoms with Crippen molar-refractivity contribution in [3.05, 3.63) is 0 Å². The predicted octanol–water partition coefficient (Wildman–Crippen LogP) is 0.720. The molecule has 28 valence electrons. The first-order chi connectivity index (χ1) is 2.41. The van der Waals surface area contributed by atoms with Gasteiger partial charge in [0.1, 0.15) is 0 Å². The van der Waals surface area contributed by atoms with Gasteiger partial charge in [0.25, 0.3) is 0 Å². The average molecular weight is 133 g/mol. The van der Waals surface area contributed by atoms with Gasteiger partial charge in [-0.1, -0.05) is 0 Å². The van der Waals surface area contributed by atoms with Crippen LogP contribution in [0.1, 0.15) is 6.92 Å². The van der Waals surface area contributed by atoms with Crippen LogP contribution in [0.5, 0.6) is 0 Å². The molecule has 0 saturated carbocycles. The van der Waals surface area contributed by atoms with Crippen LogP contribution in [0.3, 0.4) is 0 Å². The predicted molar refractivity (Wildman–Crippen MR) is 25.1 cm³/mol. The van der Waals surface area contributed by atoms with E-state index >= 15 is 0 Å². The Labute approximate surface area is 39.1 Å². The van der Waals surface area contributed by atoms with Crippen molar-refractivity contribution in [2.75, 3.05) is 0 Å².